The molecule has 0 aliphatic carbocycles. The van der Waals surface area contributed by atoms with Gasteiger partial charge in [-0.05, 0) is 30.7 Å². The average Bonchev–Trinajstić information content (AvgIpc) is 3.00. The largest absolute Gasteiger partial charge is 0.468 e. The highest BCUT2D eigenvalue weighted by Crippen LogP contribution is 2.13. The van der Waals surface area contributed by atoms with Crippen LogP contribution < -0.4 is 10.00 Å². The van der Waals surface area contributed by atoms with Crippen molar-refractivity contribution in [3.05, 3.63) is 30.4 Å². The minimum Gasteiger partial charge on any atom is -0.468 e. The Morgan fingerprint density at radius 2 is 2.42 bits per heavy atom. The molecular formula is C12H16N3O3S+. The topological polar surface area (TPSA) is 72.2 Å². The van der Waals surface area contributed by atoms with E-state index < -0.39 is 0 Å². The molecule has 2 aromatic rings. The van der Waals surface area contributed by atoms with E-state index in [4.69, 9.17) is 8.94 Å². The summed E-state index contributed by atoms with van der Waals surface area (Å²) >= 11 is 1.48. The Balaban J connectivity index is 1.74. The molecule has 0 saturated heterocycles. The number of furan rings is 1. The molecule has 0 saturated carbocycles. The smallest absolute Gasteiger partial charge is 0.302 e. The van der Waals surface area contributed by atoms with Gasteiger partial charge in [0.15, 0.2) is 6.04 Å². The summed E-state index contributed by atoms with van der Waals surface area (Å²) < 4.78 is 11.8. The number of carbonyl (C=O) groups excluding carboxylic acids is 1. The van der Waals surface area contributed by atoms with E-state index in [1.54, 1.807) is 17.1 Å². The quantitative estimate of drug-likeness (QED) is 0.820. The Labute approximate surface area is 115 Å². The molecule has 1 amide bonds. The van der Waals surface area contributed by atoms with Gasteiger partial charge in [0.25, 0.3) is 6.20 Å². The number of anilines is 1. The molecule has 2 rings (SSSR count). The molecule has 19 heavy (non-hydrogen) atoms. The molecule has 0 aliphatic heterocycles. The monoisotopic (exact) mass is 282 g/mol. The Hall–Kier alpha value is -1.76. The van der Waals surface area contributed by atoms with E-state index in [2.05, 4.69) is 10.6 Å². The zero-order valence-corrected chi connectivity index (χ0v) is 11.6. The molecule has 7 heteroatoms. The Morgan fingerprint density at radius 1 is 1.58 bits per heavy atom. The highest BCUT2D eigenvalue weighted by Gasteiger charge is 2.16. The molecular weight excluding hydrogens is 266 g/mol. The molecule has 0 unspecified atom stereocenters. The standard InChI is InChI=1S/C12H15N3O3S/c1-9(2)15-6-12(18-14-15)13-11(16)8-19-7-10-4-3-5-17-10/h3-6,9H,7-8H2,1-2H3/p+1. The molecule has 2 aromatic heterocycles. The number of hydrogen-bond acceptors (Lipinski definition) is 5. The van der Waals surface area contributed by atoms with Crippen LogP contribution >= 0.6 is 11.8 Å². The van der Waals surface area contributed by atoms with Crippen molar-refractivity contribution in [3.63, 3.8) is 0 Å². The number of nitrogens with zero attached hydrogens (tertiary/aromatic N) is 2. The average molecular weight is 282 g/mol. The van der Waals surface area contributed by atoms with Gasteiger partial charge in [-0.25, -0.2) is 0 Å². The van der Waals surface area contributed by atoms with Crippen molar-refractivity contribution in [1.29, 1.82) is 0 Å². The van der Waals surface area contributed by atoms with E-state index in [-0.39, 0.29) is 11.9 Å². The van der Waals surface area contributed by atoms with Crippen molar-refractivity contribution in [2.24, 2.45) is 0 Å². The van der Waals surface area contributed by atoms with Crippen LogP contribution in [0.5, 0.6) is 0 Å². The molecule has 0 spiro atoms. The molecule has 0 fully saturated rings. The maximum absolute atomic E-state index is 11.7. The van der Waals surface area contributed by atoms with Crippen LogP contribution in [0.25, 0.3) is 0 Å². The van der Waals surface area contributed by atoms with Crippen LogP contribution in [0.3, 0.4) is 0 Å². The minimum absolute atomic E-state index is 0.122. The maximum atomic E-state index is 11.7. The van der Waals surface area contributed by atoms with Crippen molar-refractivity contribution in [2.45, 2.75) is 25.6 Å². The number of amides is 1. The van der Waals surface area contributed by atoms with Gasteiger partial charge in [0.05, 0.1) is 17.8 Å². The number of carbonyl (C=O) groups is 1. The molecule has 102 valence electrons. The second-order valence-electron chi connectivity index (χ2n) is 4.26. The van der Waals surface area contributed by atoms with Crippen LogP contribution in [0.2, 0.25) is 0 Å². The predicted molar refractivity (Wildman–Crippen MR) is 70.6 cm³/mol. The zero-order valence-electron chi connectivity index (χ0n) is 10.8. The third-order valence-corrected chi connectivity index (χ3v) is 3.29. The maximum Gasteiger partial charge on any atom is 0.302 e. The SMILES string of the molecule is CC(C)[n+]1cc(NC(=O)CSCc2ccco2)on1. The third kappa shape index (κ3) is 4.13. The van der Waals surface area contributed by atoms with Crippen LogP contribution in [0.4, 0.5) is 5.88 Å². The summed E-state index contributed by atoms with van der Waals surface area (Å²) in [7, 11) is 0. The number of thioether (sulfide) groups is 1. The molecule has 6 nitrogen and oxygen atoms in total. The van der Waals surface area contributed by atoms with Gasteiger partial charge in [-0.3, -0.25) is 14.6 Å². The summed E-state index contributed by atoms with van der Waals surface area (Å²) in [6.07, 6.45) is 3.29. The summed E-state index contributed by atoms with van der Waals surface area (Å²) in [5.74, 6) is 2.10. The lowest BCUT2D eigenvalue weighted by molar-refractivity contribution is -0.779. The van der Waals surface area contributed by atoms with Crippen molar-refractivity contribution in [2.75, 3.05) is 11.1 Å². The van der Waals surface area contributed by atoms with E-state index in [0.717, 1.165) is 5.76 Å². The van der Waals surface area contributed by atoms with E-state index in [9.17, 15) is 4.79 Å². The molecule has 0 aliphatic rings. The fourth-order valence-electron chi connectivity index (χ4n) is 1.37. The van der Waals surface area contributed by atoms with Gasteiger partial charge in [-0.1, -0.05) is 0 Å². The van der Waals surface area contributed by atoms with Gasteiger partial charge in [0.1, 0.15) is 5.76 Å². The van der Waals surface area contributed by atoms with Crippen molar-refractivity contribution >= 4 is 23.6 Å². The normalized spacial score (nSPS) is 10.9. The second-order valence-corrected chi connectivity index (χ2v) is 5.25. The lowest BCUT2D eigenvalue weighted by Gasteiger charge is -1.98. The summed E-state index contributed by atoms with van der Waals surface area (Å²) in [6, 6.07) is 3.91. The predicted octanol–water partition coefficient (Wildman–Crippen LogP) is 2.01. The van der Waals surface area contributed by atoms with E-state index >= 15 is 0 Å². The molecule has 0 atom stereocenters. The lowest BCUT2D eigenvalue weighted by Crippen LogP contribution is -2.36. The lowest BCUT2D eigenvalue weighted by atomic mass is 10.4. The van der Waals surface area contributed by atoms with Gasteiger partial charge in [-0.2, -0.15) is 0 Å². The van der Waals surface area contributed by atoms with Crippen LogP contribution in [-0.4, -0.2) is 16.9 Å². The van der Waals surface area contributed by atoms with Gasteiger partial charge >= 0.3 is 5.88 Å². The summed E-state index contributed by atoms with van der Waals surface area (Å²) in [5.41, 5.74) is 0. The summed E-state index contributed by atoms with van der Waals surface area (Å²) in [6.45, 7) is 3.96. The van der Waals surface area contributed by atoms with Crippen LogP contribution in [-0.2, 0) is 10.5 Å². The first kappa shape index (κ1) is 13.7. The van der Waals surface area contributed by atoms with Crippen LogP contribution in [0.1, 0.15) is 25.6 Å². The van der Waals surface area contributed by atoms with Crippen LogP contribution in [0, 0.1) is 0 Å². The third-order valence-electron chi connectivity index (χ3n) is 2.33. The van der Waals surface area contributed by atoms with Gasteiger partial charge < -0.3 is 4.42 Å². The van der Waals surface area contributed by atoms with E-state index in [1.165, 1.54) is 11.8 Å². The van der Waals surface area contributed by atoms with Crippen molar-refractivity contribution in [1.82, 2.24) is 5.27 Å². The molecule has 0 bridgehead atoms. The first-order valence-electron chi connectivity index (χ1n) is 5.93. The molecule has 1 N–H and O–H groups in total. The summed E-state index contributed by atoms with van der Waals surface area (Å²) in [4.78, 5) is 11.7. The van der Waals surface area contributed by atoms with Gasteiger partial charge in [-0.15, -0.1) is 11.8 Å². The van der Waals surface area contributed by atoms with E-state index in [0.29, 0.717) is 17.4 Å². The Bertz CT molecular complexity index is 522. The highest BCUT2D eigenvalue weighted by atomic mass is 32.2. The molecule has 0 aromatic carbocycles. The highest BCUT2D eigenvalue weighted by molar-refractivity contribution is 7.99. The van der Waals surface area contributed by atoms with Crippen molar-refractivity contribution in [3.8, 4) is 0 Å². The number of nitrogens with one attached hydrogen (secondary N) is 1. The number of hydrogen-bond donors (Lipinski definition) is 1. The fourth-order valence-corrected chi connectivity index (χ4v) is 2.09. The van der Waals surface area contributed by atoms with Gasteiger partial charge in [0, 0.05) is 0 Å². The first-order valence-corrected chi connectivity index (χ1v) is 7.08. The summed E-state index contributed by atoms with van der Waals surface area (Å²) in [5, 5.41) is 6.45. The van der Waals surface area contributed by atoms with Gasteiger partial charge in [0.2, 0.25) is 11.2 Å². The second kappa shape index (κ2) is 6.42. The van der Waals surface area contributed by atoms with Crippen molar-refractivity contribution < 1.29 is 18.4 Å². The van der Waals surface area contributed by atoms with Crippen LogP contribution in [0.15, 0.2) is 33.5 Å². The zero-order chi connectivity index (χ0) is 13.7. The first-order chi connectivity index (χ1) is 9.15. The Kier molecular flexibility index (Phi) is 4.62. The van der Waals surface area contributed by atoms with E-state index in [1.807, 2.05) is 26.0 Å². The Morgan fingerprint density at radius 3 is 3.05 bits per heavy atom. The number of rotatable bonds is 6. The number of aromatic nitrogens is 2. The molecule has 0 radical (unpaired) electrons. The fraction of sp³-hybridized carbons (Fsp3) is 0.417. The molecule has 2 heterocycles. The minimum atomic E-state index is -0.122.